The van der Waals surface area contributed by atoms with Gasteiger partial charge in [-0.2, -0.15) is 0 Å². The minimum Gasteiger partial charge on any atom is -0.350 e. The van der Waals surface area contributed by atoms with Gasteiger partial charge < -0.3 is 11.1 Å². The van der Waals surface area contributed by atoms with Crippen LogP contribution in [0.2, 0.25) is 0 Å². The van der Waals surface area contributed by atoms with Gasteiger partial charge in [0.05, 0.1) is 4.88 Å². The summed E-state index contributed by atoms with van der Waals surface area (Å²) < 4.78 is 0. The molecule has 1 amide bonds. The van der Waals surface area contributed by atoms with Crippen molar-refractivity contribution in [2.45, 2.75) is 25.8 Å². The maximum absolute atomic E-state index is 12.4. The second-order valence-corrected chi connectivity index (χ2v) is 6.66. The van der Waals surface area contributed by atoms with Gasteiger partial charge in [-0.1, -0.05) is 29.8 Å². The maximum atomic E-state index is 12.4. The standard InChI is InChI=1S/C17H20N2OS/c1-11-2-4-12(5-3-11)14-8-9-21-16(14)17(20)19-10-15(18)13-6-7-13/h2-5,8-9,13,15H,6-7,10,18H2,1H3,(H,19,20). The number of nitrogens with two attached hydrogens (primary N) is 1. The highest BCUT2D eigenvalue weighted by molar-refractivity contribution is 7.12. The van der Waals surface area contributed by atoms with Crippen LogP contribution in [0.15, 0.2) is 35.7 Å². The number of hydrogen-bond donors (Lipinski definition) is 2. The van der Waals surface area contributed by atoms with E-state index in [2.05, 4.69) is 36.5 Å². The zero-order chi connectivity index (χ0) is 14.8. The van der Waals surface area contributed by atoms with Crippen molar-refractivity contribution < 1.29 is 4.79 Å². The molecular formula is C17H20N2OS. The molecule has 1 heterocycles. The van der Waals surface area contributed by atoms with Crippen molar-refractivity contribution in [2.75, 3.05) is 6.54 Å². The fourth-order valence-electron chi connectivity index (χ4n) is 2.43. The molecule has 0 bridgehead atoms. The van der Waals surface area contributed by atoms with E-state index in [1.807, 2.05) is 11.4 Å². The summed E-state index contributed by atoms with van der Waals surface area (Å²) in [5, 5.41) is 4.94. The van der Waals surface area contributed by atoms with E-state index >= 15 is 0 Å². The second kappa shape index (κ2) is 6.00. The summed E-state index contributed by atoms with van der Waals surface area (Å²) in [5.41, 5.74) is 9.33. The molecule has 1 aliphatic carbocycles. The quantitative estimate of drug-likeness (QED) is 0.891. The van der Waals surface area contributed by atoms with E-state index in [-0.39, 0.29) is 11.9 Å². The molecule has 4 heteroatoms. The number of amides is 1. The average molecular weight is 300 g/mol. The van der Waals surface area contributed by atoms with Crippen LogP contribution in [0.25, 0.3) is 11.1 Å². The first kappa shape index (κ1) is 14.3. The van der Waals surface area contributed by atoms with Crippen molar-refractivity contribution in [1.29, 1.82) is 0 Å². The van der Waals surface area contributed by atoms with Crippen molar-refractivity contribution in [3.63, 3.8) is 0 Å². The number of benzene rings is 1. The van der Waals surface area contributed by atoms with Gasteiger partial charge >= 0.3 is 0 Å². The molecule has 1 aliphatic rings. The Morgan fingerprint density at radius 3 is 2.71 bits per heavy atom. The van der Waals surface area contributed by atoms with Crippen LogP contribution in [-0.4, -0.2) is 18.5 Å². The molecule has 21 heavy (non-hydrogen) atoms. The Balaban J connectivity index is 1.71. The predicted molar refractivity (Wildman–Crippen MR) is 87.5 cm³/mol. The summed E-state index contributed by atoms with van der Waals surface area (Å²) in [6.07, 6.45) is 2.40. The van der Waals surface area contributed by atoms with Gasteiger partial charge in [0, 0.05) is 18.2 Å². The fraction of sp³-hybridized carbons (Fsp3) is 0.353. The summed E-state index contributed by atoms with van der Waals surface area (Å²) in [7, 11) is 0. The van der Waals surface area contributed by atoms with Crippen LogP contribution in [0.3, 0.4) is 0 Å². The lowest BCUT2D eigenvalue weighted by Crippen LogP contribution is -2.38. The highest BCUT2D eigenvalue weighted by atomic mass is 32.1. The lowest BCUT2D eigenvalue weighted by molar-refractivity contribution is 0.0955. The summed E-state index contributed by atoms with van der Waals surface area (Å²) in [6, 6.07) is 10.4. The maximum Gasteiger partial charge on any atom is 0.262 e. The zero-order valence-electron chi connectivity index (χ0n) is 12.1. The molecule has 3 nitrogen and oxygen atoms in total. The fourth-order valence-corrected chi connectivity index (χ4v) is 3.26. The number of rotatable bonds is 5. The molecule has 1 aromatic carbocycles. The van der Waals surface area contributed by atoms with Gasteiger partial charge in [0.2, 0.25) is 0 Å². The van der Waals surface area contributed by atoms with Crippen LogP contribution in [0.4, 0.5) is 0 Å². The number of nitrogens with one attached hydrogen (secondary N) is 1. The molecule has 0 spiro atoms. The lowest BCUT2D eigenvalue weighted by atomic mass is 10.0. The van der Waals surface area contributed by atoms with Crippen LogP contribution in [0, 0.1) is 12.8 Å². The third-order valence-corrected chi connectivity index (χ3v) is 4.87. The lowest BCUT2D eigenvalue weighted by Gasteiger charge is -2.11. The van der Waals surface area contributed by atoms with Crippen molar-refractivity contribution >= 4 is 17.2 Å². The molecule has 3 rings (SSSR count). The zero-order valence-corrected chi connectivity index (χ0v) is 13.0. The highest BCUT2D eigenvalue weighted by Crippen LogP contribution is 2.31. The first-order valence-corrected chi connectivity index (χ1v) is 8.21. The van der Waals surface area contributed by atoms with Crippen molar-refractivity contribution in [3.05, 3.63) is 46.2 Å². The molecule has 1 aromatic heterocycles. The molecule has 0 saturated heterocycles. The summed E-state index contributed by atoms with van der Waals surface area (Å²) in [5.74, 6) is 0.585. The first-order chi connectivity index (χ1) is 10.1. The Labute approximate surface area is 129 Å². The Hall–Kier alpha value is -1.65. The third-order valence-electron chi connectivity index (χ3n) is 3.96. The molecular weight excluding hydrogens is 280 g/mol. The van der Waals surface area contributed by atoms with E-state index in [0.29, 0.717) is 12.5 Å². The largest absolute Gasteiger partial charge is 0.350 e. The minimum absolute atomic E-state index is 0.0170. The molecule has 1 saturated carbocycles. The van der Waals surface area contributed by atoms with Gasteiger partial charge in [0.1, 0.15) is 0 Å². The molecule has 1 atom stereocenters. The second-order valence-electron chi connectivity index (χ2n) is 5.74. The van der Waals surface area contributed by atoms with Gasteiger partial charge in [-0.15, -0.1) is 11.3 Å². The van der Waals surface area contributed by atoms with Crippen LogP contribution in [0.5, 0.6) is 0 Å². The molecule has 110 valence electrons. The Bertz CT molecular complexity index is 628. The molecule has 2 aromatic rings. The summed E-state index contributed by atoms with van der Waals surface area (Å²) >= 11 is 1.48. The molecule has 1 fully saturated rings. The monoisotopic (exact) mass is 300 g/mol. The molecule has 0 aliphatic heterocycles. The van der Waals surface area contributed by atoms with Gasteiger partial charge in [-0.3, -0.25) is 4.79 Å². The van der Waals surface area contributed by atoms with Crippen LogP contribution in [0.1, 0.15) is 28.1 Å². The third kappa shape index (κ3) is 3.34. The van der Waals surface area contributed by atoms with Crippen LogP contribution < -0.4 is 11.1 Å². The van der Waals surface area contributed by atoms with Crippen molar-refractivity contribution in [3.8, 4) is 11.1 Å². The molecule has 1 unspecified atom stereocenters. The van der Waals surface area contributed by atoms with Crippen LogP contribution >= 0.6 is 11.3 Å². The van der Waals surface area contributed by atoms with E-state index in [4.69, 9.17) is 5.73 Å². The SMILES string of the molecule is Cc1ccc(-c2ccsc2C(=O)NCC(N)C2CC2)cc1. The van der Waals surface area contributed by atoms with E-state index in [1.165, 1.54) is 29.7 Å². The van der Waals surface area contributed by atoms with E-state index in [9.17, 15) is 4.79 Å². The van der Waals surface area contributed by atoms with Crippen molar-refractivity contribution in [1.82, 2.24) is 5.32 Å². The van der Waals surface area contributed by atoms with Gasteiger partial charge in [0.25, 0.3) is 5.91 Å². The van der Waals surface area contributed by atoms with Gasteiger partial charge in [-0.25, -0.2) is 0 Å². The topological polar surface area (TPSA) is 55.1 Å². The van der Waals surface area contributed by atoms with E-state index in [0.717, 1.165) is 16.0 Å². The van der Waals surface area contributed by atoms with Gasteiger partial charge in [-0.05, 0) is 42.7 Å². The number of carbonyl (C=O) groups is 1. The average Bonchev–Trinajstić information content (AvgIpc) is 3.23. The Morgan fingerprint density at radius 2 is 2.05 bits per heavy atom. The van der Waals surface area contributed by atoms with E-state index < -0.39 is 0 Å². The minimum atomic E-state index is -0.0170. The summed E-state index contributed by atoms with van der Waals surface area (Å²) in [4.78, 5) is 13.1. The Morgan fingerprint density at radius 1 is 1.33 bits per heavy atom. The molecule has 3 N–H and O–H groups in total. The number of thiophene rings is 1. The normalized spacial score (nSPS) is 15.7. The van der Waals surface area contributed by atoms with Crippen molar-refractivity contribution in [2.24, 2.45) is 11.7 Å². The number of carbonyl (C=O) groups excluding carboxylic acids is 1. The smallest absolute Gasteiger partial charge is 0.262 e. The highest BCUT2D eigenvalue weighted by Gasteiger charge is 2.28. The Kier molecular flexibility index (Phi) is 4.08. The number of hydrogen-bond acceptors (Lipinski definition) is 3. The van der Waals surface area contributed by atoms with E-state index in [1.54, 1.807) is 0 Å². The first-order valence-electron chi connectivity index (χ1n) is 7.33. The molecule has 0 radical (unpaired) electrons. The van der Waals surface area contributed by atoms with Crippen LogP contribution in [-0.2, 0) is 0 Å². The summed E-state index contributed by atoms with van der Waals surface area (Å²) in [6.45, 7) is 2.62. The predicted octanol–water partition coefficient (Wildman–Crippen LogP) is 3.19. The van der Waals surface area contributed by atoms with Gasteiger partial charge in [0.15, 0.2) is 0 Å². The number of aryl methyl sites for hydroxylation is 1.